The van der Waals surface area contributed by atoms with Crippen LogP contribution in [0.25, 0.3) is 0 Å². The molecule has 120 valence electrons. The van der Waals surface area contributed by atoms with Gasteiger partial charge < -0.3 is 9.64 Å². The van der Waals surface area contributed by atoms with E-state index in [-0.39, 0.29) is 11.9 Å². The van der Waals surface area contributed by atoms with Gasteiger partial charge in [-0.1, -0.05) is 6.07 Å². The van der Waals surface area contributed by atoms with Crippen molar-refractivity contribution in [3.63, 3.8) is 0 Å². The van der Waals surface area contributed by atoms with E-state index in [4.69, 9.17) is 4.74 Å². The fourth-order valence-corrected chi connectivity index (χ4v) is 4.03. The molecule has 1 atom stereocenters. The molecule has 1 aromatic carbocycles. The first kappa shape index (κ1) is 15.7. The van der Waals surface area contributed by atoms with Crippen LogP contribution in [-0.4, -0.2) is 30.4 Å². The zero-order valence-electron chi connectivity index (χ0n) is 13.2. The molecule has 3 rings (SSSR count). The standard InChI is InChI=1S/C18H19NO3S/c1-12-8-9-16(23-12)15-7-4-10-19(15)17(20)13-5-3-6-14(11-13)18(21)22-2/h3,5-6,8-9,11,15H,4,7,10H2,1-2H3. The van der Waals surface area contributed by atoms with E-state index in [0.717, 1.165) is 19.4 Å². The number of esters is 1. The van der Waals surface area contributed by atoms with Crippen molar-refractivity contribution in [2.24, 2.45) is 0 Å². The number of nitrogens with zero attached hydrogens (tertiary/aromatic N) is 1. The predicted molar refractivity (Wildman–Crippen MR) is 89.8 cm³/mol. The van der Waals surface area contributed by atoms with E-state index in [0.29, 0.717) is 11.1 Å². The highest BCUT2D eigenvalue weighted by Crippen LogP contribution is 2.36. The third-order valence-corrected chi connectivity index (χ3v) is 5.24. The lowest BCUT2D eigenvalue weighted by atomic mass is 10.1. The van der Waals surface area contributed by atoms with Gasteiger partial charge >= 0.3 is 5.97 Å². The third kappa shape index (κ3) is 3.15. The summed E-state index contributed by atoms with van der Waals surface area (Å²) in [7, 11) is 1.34. The molecule has 1 fully saturated rings. The minimum Gasteiger partial charge on any atom is -0.465 e. The molecule has 2 aromatic rings. The number of aryl methyl sites for hydroxylation is 1. The number of rotatable bonds is 3. The SMILES string of the molecule is COC(=O)c1cccc(C(=O)N2CCCC2c2ccc(C)s2)c1. The molecule has 1 saturated heterocycles. The molecule has 0 aliphatic carbocycles. The van der Waals surface area contributed by atoms with Gasteiger partial charge in [-0.25, -0.2) is 4.79 Å². The Balaban J connectivity index is 1.86. The van der Waals surface area contributed by atoms with Crippen LogP contribution in [0.4, 0.5) is 0 Å². The van der Waals surface area contributed by atoms with Gasteiger partial charge in [0.15, 0.2) is 0 Å². The first-order chi connectivity index (χ1) is 11.1. The quantitative estimate of drug-likeness (QED) is 0.804. The Morgan fingerprint density at radius 2 is 2.00 bits per heavy atom. The smallest absolute Gasteiger partial charge is 0.337 e. The first-order valence-corrected chi connectivity index (χ1v) is 8.47. The molecule has 0 radical (unpaired) electrons. The summed E-state index contributed by atoms with van der Waals surface area (Å²) in [6.07, 6.45) is 1.99. The van der Waals surface area contributed by atoms with Crippen LogP contribution in [0, 0.1) is 6.92 Å². The van der Waals surface area contributed by atoms with Gasteiger partial charge in [0.05, 0.1) is 18.7 Å². The van der Waals surface area contributed by atoms with Gasteiger partial charge in [-0.05, 0) is 50.1 Å². The molecule has 0 bridgehead atoms. The van der Waals surface area contributed by atoms with Gasteiger partial charge in [0.1, 0.15) is 0 Å². The van der Waals surface area contributed by atoms with Gasteiger partial charge in [-0.2, -0.15) is 0 Å². The Kier molecular flexibility index (Phi) is 4.48. The lowest BCUT2D eigenvalue weighted by Crippen LogP contribution is -2.30. The Labute approximate surface area is 139 Å². The van der Waals surface area contributed by atoms with Crippen LogP contribution in [0.1, 0.15) is 49.4 Å². The number of thiophene rings is 1. The van der Waals surface area contributed by atoms with E-state index >= 15 is 0 Å². The largest absolute Gasteiger partial charge is 0.465 e. The maximum absolute atomic E-state index is 12.9. The number of ether oxygens (including phenoxy) is 1. The summed E-state index contributed by atoms with van der Waals surface area (Å²) in [5.74, 6) is -0.448. The van der Waals surface area contributed by atoms with E-state index in [9.17, 15) is 9.59 Å². The zero-order chi connectivity index (χ0) is 16.4. The van der Waals surface area contributed by atoms with Crippen LogP contribution >= 0.6 is 11.3 Å². The molecule has 1 amide bonds. The Morgan fingerprint density at radius 3 is 2.70 bits per heavy atom. The molecular formula is C18H19NO3S. The maximum Gasteiger partial charge on any atom is 0.337 e. The summed E-state index contributed by atoms with van der Waals surface area (Å²) in [6, 6.07) is 11.1. The second kappa shape index (κ2) is 6.54. The first-order valence-electron chi connectivity index (χ1n) is 7.66. The predicted octanol–water partition coefficient (Wildman–Crippen LogP) is 3.82. The van der Waals surface area contributed by atoms with E-state index in [1.807, 2.05) is 4.90 Å². The number of carbonyl (C=O) groups excluding carboxylic acids is 2. The molecule has 1 aromatic heterocycles. The average Bonchev–Trinajstić information content (AvgIpc) is 3.22. The molecule has 0 saturated carbocycles. The van der Waals surface area contributed by atoms with Gasteiger partial charge in [0.25, 0.3) is 5.91 Å². The van der Waals surface area contributed by atoms with Crippen molar-refractivity contribution in [1.82, 2.24) is 4.90 Å². The van der Waals surface area contributed by atoms with Crippen molar-refractivity contribution in [2.75, 3.05) is 13.7 Å². The number of hydrogen-bond acceptors (Lipinski definition) is 4. The molecule has 0 spiro atoms. The maximum atomic E-state index is 12.9. The second-order valence-electron chi connectivity index (χ2n) is 5.68. The molecule has 2 heterocycles. The summed E-state index contributed by atoms with van der Waals surface area (Å²) in [6.45, 7) is 2.83. The molecule has 1 aliphatic heterocycles. The van der Waals surface area contributed by atoms with E-state index in [1.54, 1.807) is 35.6 Å². The number of hydrogen-bond donors (Lipinski definition) is 0. The summed E-state index contributed by atoms with van der Waals surface area (Å²) in [5, 5.41) is 0. The summed E-state index contributed by atoms with van der Waals surface area (Å²) in [5.41, 5.74) is 0.939. The molecule has 1 unspecified atom stereocenters. The summed E-state index contributed by atoms with van der Waals surface area (Å²) >= 11 is 1.75. The Morgan fingerprint density at radius 1 is 1.22 bits per heavy atom. The Hall–Kier alpha value is -2.14. The monoisotopic (exact) mass is 329 g/mol. The fourth-order valence-electron chi connectivity index (χ4n) is 3.00. The van der Waals surface area contributed by atoms with Crippen molar-refractivity contribution < 1.29 is 14.3 Å². The highest BCUT2D eigenvalue weighted by molar-refractivity contribution is 7.12. The van der Waals surface area contributed by atoms with Crippen molar-refractivity contribution in [1.29, 1.82) is 0 Å². The fraction of sp³-hybridized carbons (Fsp3) is 0.333. The molecular weight excluding hydrogens is 310 g/mol. The Bertz CT molecular complexity index is 737. The van der Waals surface area contributed by atoms with Crippen LogP contribution < -0.4 is 0 Å². The molecule has 5 heteroatoms. The average molecular weight is 329 g/mol. The number of benzene rings is 1. The van der Waals surface area contributed by atoms with E-state index < -0.39 is 5.97 Å². The second-order valence-corrected chi connectivity index (χ2v) is 7.00. The lowest BCUT2D eigenvalue weighted by Gasteiger charge is -2.24. The highest BCUT2D eigenvalue weighted by Gasteiger charge is 2.31. The van der Waals surface area contributed by atoms with Crippen molar-refractivity contribution in [3.05, 3.63) is 57.3 Å². The number of amides is 1. The van der Waals surface area contributed by atoms with Gasteiger partial charge in [0.2, 0.25) is 0 Å². The minimum absolute atomic E-state index is 0.0238. The third-order valence-electron chi connectivity index (χ3n) is 4.13. The summed E-state index contributed by atoms with van der Waals surface area (Å²) < 4.78 is 4.73. The molecule has 1 aliphatic rings. The number of methoxy groups -OCH3 is 1. The van der Waals surface area contributed by atoms with Crippen LogP contribution in [0.3, 0.4) is 0 Å². The zero-order valence-corrected chi connectivity index (χ0v) is 14.1. The van der Waals surface area contributed by atoms with Crippen molar-refractivity contribution in [2.45, 2.75) is 25.8 Å². The van der Waals surface area contributed by atoms with Crippen molar-refractivity contribution >= 4 is 23.2 Å². The van der Waals surface area contributed by atoms with E-state index in [1.165, 1.54) is 16.9 Å². The number of carbonyl (C=O) groups is 2. The minimum atomic E-state index is -0.425. The normalized spacial score (nSPS) is 17.3. The molecule has 23 heavy (non-hydrogen) atoms. The highest BCUT2D eigenvalue weighted by atomic mass is 32.1. The van der Waals surface area contributed by atoms with Crippen molar-refractivity contribution in [3.8, 4) is 0 Å². The lowest BCUT2D eigenvalue weighted by molar-refractivity contribution is 0.0600. The molecule has 4 nitrogen and oxygen atoms in total. The van der Waals surface area contributed by atoms with Crippen LogP contribution in [0.15, 0.2) is 36.4 Å². The van der Waals surface area contributed by atoms with Crippen LogP contribution in [0.2, 0.25) is 0 Å². The molecule has 0 N–H and O–H groups in total. The number of likely N-dealkylation sites (tertiary alicyclic amines) is 1. The van der Waals surface area contributed by atoms with Crippen LogP contribution in [-0.2, 0) is 4.74 Å². The van der Waals surface area contributed by atoms with Gasteiger partial charge in [0, 0.05) is 21.9 Å². The summed E-state index contributed by atoms with van der Waals surface area (Å²) in [4.78, 5) is 28.9. The van der Waals surface area contributed by atoms with E-state index in [2.05, 4.69) is 19.1 Å². The van der Waals surface area contributed by atoms with Gasteiger partial charge in [-0.15, -0.1) is 11.3 Å². The topological polar surface area (TPSA) is 46.6 Å². The van der Waals surface area contributed by atoms with Crippen LogP contribution in [0.5, 0.6) is 0 Å². The van der Waals surface area contributed by atoms with Gasteiger partial charge in [-0.3, -0.25) is 4.79 Å².